The van der Waals surface area contributed by atoms with E-state index in [0.29, 0.717) is 29.4 Å². The van der Waals surface area contributed by atoms with Crippen molar-refractivity contribution in [2.24, 2.45) is 0 Å². The first-order chi connectivity index (χ1) is 17.7. The molecule has 198 valence electrons. The molecule has 37 heavy (non-hydrogen) atoms. The third-order valence-electron chi connectivity index (χ3n) is 5.31. The number of sulfonamides is 1. The minimum atomic E-state index is -4.13. The second kappa shape index (κ2) is 13.6. The molecule has 1 N–H and O–H groups in total. The van der Waals surface area contributed by atoms with E-state index in [1.807, 2.05) is 0 Å². The molecule has 0 saturated heterocycles. The highest BCUT2D eigenvalue weighted by molar-refractivity contribution is 7.98. The third kappa shape index (κ3) is 8.02. The molecule has 0 aliphatic carbocycles. The zero-order valence-electron chi connectivity index (χ0n) is 20.4. The number of nitrogens with one attached hydrogen (secondary N) is 1. The Morgan fingerprint density at radius 3 is 2.32 bits per heavy atom. The van der Waals surface area contributed by atoms with E-state index in [-0.39, 0.29) is 16.5 Å². The molecule has 0 spiro atoms. The molecule has 3 aromatic carbocycles. The number of rotatable bonds is 13. The molecule has 0 aliphatic rings. The molecule has 0 radical (unpaired) electrons. The van der Waals surface area contributed by atoms with Crippen LogP contribution in [0.5, 0.6) is 11.5 Å². The van der Waals surface area contributed by atoms with Gasteiger partial charge in [-0.2, -0.15) is 11.8 Å². The van der Waals surface area contributed by atoms with Crippen LogP contribution in [-0.4, -0.2) is 47.4 Å². The van der Waals surface area contributed by atoms with Crippen molar-refractivity contribution in [2.75, 3.05) is 37.4 Å². The third-order valence-corrected chi connectivity index (χ3v) is 8.45. The van der Waals surface area contributed by atoms with Crippen molar-refractivity contribution in [1.82, 2.24) is 5.32 Å². The molecule has 3 aromatic rings. The summed E-state index contributed by atoms with van der Waals surface area (Å²) in [6.07, 6.45) is 0.695. The van der Waals surface area contributed by atoms with Crippen LogP contribution < -0.4 is 19.1 Å². The quantitative estimate of drug-likeness (QED) is 0.289. The summed E-state index contributed by atoms with van der Waals surface area (Å²) in [5, 5.41) is 3.23. The molecule has 0 bridgehead atoms. The molecular formula is C26H28ClFN2O5S2. The predicted octanol–water partition coefficient (Wildman–Crippen LogP) is 5.13. The van der Waals surface area contributed by atoms with E-state index >= 15 is 0 Å². The van der Waals surface area contributed by atoms with Crippen molar-refractivity contribution in [1.29, 1.82) is 0 Å². The number of thioether (sulfide) groups is 1. The van der Waals surface area contributed by atoms with Crippen LogP contribution >= 0.6 is 23.4 Å². The lowest BCUT2D eigenvalue weighted by Gasteiger charge is -2.24. The van der Waals surface area contributed by atoms with E-state index in [4.69, 9.17) is 21.1 Å². The lowest BCUT2D eigenvalue weighted by atomic mass is 10.2. The van der Waals surface area contributed by atoms with Gasteiger partial charge in [-0.15, -0.1) is 0 Å². The summed E-state index contributed by atoms with van der Waals surface area (Å²) in [6, 6.07) is 16.8. The first-order valence-electron chi connectivity index (χ1n) is 11.3. The van der Waals surface area contributed by atoms with Crippen molar-refractivity contribution >= 4 is 45.0 Å². The smallest absolute Gasteiger partial charge is 0.264 e. The highest BCUT2D eigenvalue weighted by atomic mass is 35.5. The fraction of sp³-hybridized carbons (Fsp3) is 0.269. The van der Waals surface area contributed by atoms with E-state index in [1.54, 1.807) is 48.2 Å². The Morgan fingerprint density at radius 2 is 1.68 bits per heavy atom. The van der Waals surface area contributed by atoms with E-state index in [9.17, 15) is 17.6 Å². The van der Waals surface area contributed by atoms with Crippen LogP contribution in [0.2, 0.25) is 5.02 Å². The average Bonchev–Trinajstić information content (AvgIpc) is 2.90. The van der Waals surface area contributed by atoms with Crippen molar-refractivity contribution in [3.63, 3.8) is 0 Å². The van der Waals surface area contributed by atoms with Crippen molar-refractivity contribution in [2.45, 2.75) is 17.1 Å². The Kier molecular flexibility index (Phi) is 10.5. The molecule has 0 aliphatic heterocycles. The van der Waals surface area contributed by atoms with Crippen LogP contribution in [0.15, 0.2) is 71.6 Å². The lowest BCUT2D eigenvalue weighted by molar-refractivity contribution is -0.119. The number of hydrogen-bond donors (Lipinski definition) is 1. The van der Waals surface area contributed by atoms with Gasteiger partial charge >= 0.3 is 0 Å². The monoisotopic (exact) mass is 566 g/mol. The van der Waals surface area contributed by atoms with Gasteiger partial charge in [0, 0.05) is 23.4 Å². The van der Waals surface area contributed by atoms with Crippen LogP contribution in [0.4, 0.5) is 10.1 Å². The zero-order chi connectivity index (χ0) is 26.8. The Balaban J connectivity index is 1.65. The normalized spacial score (nSPS) is 11.1. The van der Waals surface area contributed by atoms with Crippen LogP contribution in [0.1, 0.15) is 12.0 Å². The molecule has 0 unspecified atom stereocenters. The van der Waals surface area contributed by atoms with E-state index < -0.39 is 22.5 Å². The zero-order valence-corrected chi connectivity index (χ0v) is 22.8. The maximum Gasteiger partial charge on any atom is 0.264 e. The largest absolute Gasteiger partial charge is 0.493 e. The van der Waals surface area contributed by atoms with E-state index in [1.165, 1.54) is 44.6 Å². The Hall–Kier alpha value is -2.95. The molecule has 0 aromatic heterocycles. The SMILES string of the molecule is COc1ccc(S(=O)(=O)N(CC(=O)NCCCSCc2ccc(F)cc2)c2ccc(Cl)cc2)cc1OC. The summed E-state index contributed by atoms with van der Waals surface area (Å²) in [5.41, 5.74) is 1.32. The molecule has 7 nitrogen and oxygen atoms in total. The maximum atomic E-state index is 13.6. The van der Waals surface area contributed by atoms with Crippen molar-refractivity contribution < 1.29 is 27.1 Å². The number of nitrogens with zero attached hydrogens (tertiary/aromatic N) is 1. The summed E-state index contributed by atoms with van der Waals surface area (Å²) < 4.78 is 51.6. The molecule has 0 atom stereocenters. The standard InChI is InChI=1S/C26H28ClFN2O5S2/c1-34-24-13-12-23(16-25(24)35-2)37(32,33)30(22-10-6-20(27)7-11-22)17-26(31)29-14-3-15-36-18-19-4-8-21(28)9-5-19/h4-13,16H,3,14-15,17-18H2,1-2H3,(H,29,31). The van der Waals surface area contributed by atoms with E-state index in [0.717, 1.165) is 21.4 Å². The van der Waals surface area contributed by atoms with Crippen LogP contribution in [-0.2, 0) is 20.6 Å². The Bertz CT molecular complexity index is 1290. The minimum Gasteiger partial charge on any atom is -0.493 e. The highest BCUT2D eigenvalue weighted by Gasteiger charge is 2.28. The number of carbonyl (C=O) groups is 1. The van der Waals surface area contributed by atoms with Gasteiger partial charge in [0.05, 0.1) is 24.8 Å². The number of halogens is 2. The second-order valence-electron chi connectivity index (χ2n) is 7.89. The number of methoxy groups -OCH3 is 2. The number of carbonyl (C=O) groups excluding carboxylic acids is 1. The number of benzene rings is 3. The fourth-order valence-electron chi connectivity index (χ4n) is 3.39. The van der Waals surface area contributed by atoms with Crippen LogP contribution in [0.25, 0.3) is 0 Å². The first kappa shape index (κ1) is 28.6. The molecule has 0 heterocycles. The number of ether oxygens (including phenoxy) is 2. The van der Waals surface area contributed by atoms with Gasteiger partial charge in [0.15, 0.2) is 11.5 Å². The molecule has 3 rings (SSSR count). The van der Waals surface area contributed by atoms with Crippen molar-refractivity contribution in [3.8, 4) is 11.5 Å². The summed E-state index contributed by atoms with van der Waals surface area (Å²) >= 11 is 7.66. The van der Waals surface area contributed by atoms with Crippen LogP contribution in [0, 0.1) is 5.82 Å². The topological polar surface area (TPSA) is 84.9 Å². The number of hydrogen-bond acceptors (Lipinski definition) is 6. The van der Waals surface area contributed by atoms with Gasteiger partial charge in [0.1, 0.15) is 12.4 Å². The average molecular weight is 567 g/mol. The predicted molar refractivity (Wildman–Crippen MR) is 146 cm³/mol. The van der Waals surface area contributed by atoms with Gasteiger partial charge in [-0.3, -0.25) is 9.10 Å². The lowest BCUT2D eigenvalue weighted by Crippen LogP contribution is -2.41. The number of amides is 1. The van der Waals surface area contributed by atoms with Gasteiger partial charge in [-0.05, 0) is 66.3 Å². The van der Waals surface area contributed by atoms with Gasteiger partial charge < -0.3 is 14.8 Å². The Labute approximate surface area is 226 Å². The molecule has 0 fully saturated rings. The molecule has 0 saturated carbocycles. The van der Waals surface area contributed by atoms with Gasteiger partial charge in [-0.1, -0.05) is 23.7 Å². The summed E-state index contributed by atoms with van der Waals surface area (Å²) in [6.45, 7) is -0.0266. The highest BCUT2D eigenvalue weighted by Crippen LogP contribution is 2.32. The van der Waals surface area contributed by atoms with Crippen molar-refractivity contribution in [3.05, 3.63) is 83.1 Å². The van der Waals surface area contributed by atoms with Gasteiger partial charge in [0.25, 0.3) is 10.0 Å². The molecule has 1 amide bonds. The summed E-state index contributed by atoms with van der Waals surface area (Å²) in [5.74, 6) is 1.45. The Morgan fingerprint density at radius 1 is 1.00 bits per heavy atom. The van der Waals surface area contributed by atoms with Crippen LogP contribution in [0.3, 0.4) is 0 Å². The van der Waals surface area contributed by atoms with Gasteiger partial charge in [0.2, 0.25) is 5.91 Å². The summed E-state index contributed by atoms with van der Waals surface area (Å²) in [7, 11) is -1.26. The molecule has 11 heteroatoms. The first-order valence-corrected chi connectivity index (χ1v) is 14.3. The molecular weight excluding hydrogens is 539 g/mol. The van der Waals surface area contributed by atoms with E-state index in [2.05, 4.69) is 5.32 Å². The second-order valence-corrected chi connectivity index (χ2v) is 11.3. The summed E-state index contributed by atoms with van der Waals surface area (Å²) in [4.78, 5) is 12.7. The maximum absolute atomic E-state index is 13.6. The minimum absolute atomic E-state index is 0.0508. The van der Waals surface area contributed by atoms with Gasteiger partial charge in [-0.25, -0.2) is 12.8 Å². The fourth-order valence-corrected chi connectivity index (χ4v) is 5.87. The number of anilines is 1.